The van der Waals surface area contributed by atoms with Crippen LogP contribution >= 0.6 is 0 Å². The van der Waals surface area contributed by atoms with Crippen molar-refractivity contribution in [1.82, 2.24) is 25.1 Å². The van der Waals surface area contributed by atoms with Crippen LogP contribution in [0.5, 0.6) is 0 Å². The maximum absolute atomic E-state index is 13.6. The van der Waals surface area contributed by atoms with Crippen LogP contribution in [0.15, 0.2) is 18.2 Å². The van der Waals surface area contributed by atoms with E-state index < -0.39 is 47.7 Å². The third kappa shape index (κ3) is 5.30. The molecule has 1 aromatic carbocycles. The minimum absolute atomic E-state index is 0.0385. The highest BCUT2D eigenvalue weighted by Crippen LogP contribution is 2.34. The molecule has 0 bridgehead atoms. The van der Waals surface area contributed by atoms with E-state index >= 15 is 0 Å². The van der Waals surface area contributed by atoms with Gasteiger partial charge in [0.1, 0.15) is 17.6 Å². The molecule has 1 aromatic heterocycles. The summed E-state index contributed by atoms with van der Waals surface area (Å²) in [4.78, 5) is 44.5. The number of alkyl carbamates (subject to hydrolysis) is 1. The lowest BCUT2D eigenvalue weighted by atomic mass is 9.99. The number of urea groups is 1. The summed E-state index contributed by atoms with van der Waals surface area (Å²) < 4.78 is 58.8. The Morgan fingerprint density at radius 3 is 2.70 bits per heavy atom. The lowest BCUT2D eigenvalue weighted by Crippen LogP contribution is -2.45. The average molecular weight is 528 g/mol. The molecule has 0 aliphatic carbocycles. The van der Waals surface area contributed by atoms with Crippen molar-refractivity contribution in [2.24, 2.45) is 0 Å². The Morgan fingerprint density at radius 2 is 2.03 bits per heavy atom. The van der Waals surface area contributed by atoms with Gasteiger partial charge in [-0.05, 0) is 25.1 Å². The van der Waals surface area contributed by atoms with Crippen molar-refractivity contribution in [2.75, 3.05) is 26.0 Å². The fraction of sp³-hybridized carbons (Fsp3) is 0.455. The van der Waals surface area contributed by atoms with Gasteiger partial charge in [-0.3, -0.25) is 14.3 Å². The summed E-state index contributed by atoms with van der Waals surface area (Å²) in [6.45, 7) is 1.85. The molecule has 37 heavy (non-hydrogen) atoms. The molecule has 2 atom stereocenters. The molecule has 2 aliphatic heterocycles. The molecule has 0 saturated carbocycles. The second-order valence-electron chi connectivity index (χ2n) is 8.66. The number of carbonyl (C=O) groups excluding carboxylic acids is 3. The van der Waals surface area contributed by atoms with Gasteiger partial charge in [0.2, 0.25) is 0 Å². The topological polar surface area (TPSA) is 118 Å². The molecule has 200 valence electrons. The molecule has 0 unspecified atom stereocenters. The molecule has 11 nitrogen and oxygen atoms in total. The monoisotopic (exact) mass is 528 g/mol. The first kappa shape index (κ1) is 26.2. The van der Waals surface area contributed by atoms with Crippen molar-refractivity contribution < 1.29 is 41.5 Å². The number of carbonyl (C=O) groups is 3. The standard InChI is InChI=1S/C22H24F4N6O5/c1-11-6-17-14(10-31(11)20(34)28-12-4-5-16(23)15(7-12)22(24,25)26)18-19(33)30(2)37-13(9-32(18)29-17)8-27-21(35)36-3/h4-5,7,11,13H,6,8-10H2,1-3H3,(H,27,35)(H,28,34)/t11-,13+/m1/s1. The van der Waals surface area contributed by atoms with Gasteiger partial charge in [-0.1, -0.05) is 0 Å². The van der Waals surface area contributed by atoms with E-state index in [-0.39, 0.29) is 37.4 Å². The fourth-order valence-electron chi connectivity index (χ4n) is 4.27. The number of nitrogens with zero attached hydrogens (tertiary/aromatic N) is 4. The molecule has 0 spiro atoms. The quantitative estimate of drug-likeness (QED) is 0.592. The minimum atomic E-state index is -4.92. The molecule has 3 heterocycles. The van der Waals surface area contributed by atoms with Crippen LogP contribution in [0.4, 0.5) is 32.8 Å². The van der Waals surface area contributed by atoms with Crippen LogP contribution in [0.1, 0.15) is 34.2 Å². The minimum Gasteiger partial charge on any atom is -0.453 e. The highest BCUT2D eigenvalue weighted by molar-refractivity contribution is 5.94. The predicted octanol–water partition coefficient (Wildman–Crippen LogP) is 2.76. The van der Waals surface area contributed by atoms with Gasteiger partial charge in [0.05, 0.1) is 38.0 Å². The first-order valence-electron chi connectivity index (χ1n) is 11.2. The van der Waals surface area contributed by atoms with Crippen LogP contribution in [0.2, 0.25) is 0 Å². The van der Waals surface area contributed by atoms with Gasteiger partial charge in [-0.2, -0.15) is 18.3 Å². The summed E-state index contributed by atoms with van der Waals surface area (Å²) in [5.41, 5.74) is -0.452. The van der Waals surface area contributed by atoms with Crippen molar-refractivity contribution in [2.45, 2.75) is 44.8 Å². The molecular weight excluding hydrogens is 504 g/mol. The number of hydrogen-bond donors (Lipinski definition) is 2. The average Bonchev–Trinajstić information content (AvgIpc) is 3.12. The van der Waals surface area contributed by atoms with Gasteiger partial charge in [-0.25, -0.2) is 19.0 Å². The highest BCUT2D eigenvalue weighted by atomic mass is 19.4. The zero-order chi connectivity index (χ0) is 27.1. The highest BCUT2D eigenvalue weighted by Gasteiger charge is 2.38. The second-order valence-corrected chi connectivity index (χ2v) is 8.66. The van der Waals surface area contributed by atoms with E-state index in [0.29, 0.717) is 23.4 Å². The van der Waals surface area contributed by atoms with Gasteiger partial charge in [0.25, 0.3) is 5.91 Å². The molecular formula is C22H24F4N6O5. The summed E-state index contributed by atoms with van der Waals surface area (Å²) in [7, 11) is 2.62. The van der Waals surface area contributed by atoms with E-state index in [9.17, 15) is 31.9 Å². The van der Waals surface area contributed by atoms with Crippen molar-refractivity contribution >= 4 is 23.7 Å². The molecule has 15 heteroatoms. The van der Waals surface area contributed by atoms with Crippen molar-refractivity contribution in [3.05, 3.63) is 46.5 Å². The predicted molar refractivity (Wildman–Crippen MR) is 119 cm³/mol. The van der Waals surface area contributed by atoms with Gasteiger partial charge in [0.15, 0.2) is 0 Å². The number of hydrogen-bond acceptors (Lipinski definition) is 6. The number of alkyl halides is 3. The van der Waals surface area contributed by atoms with Crippen LogP contribution in [-0.4, -0.2) is 70.6 Å². The molecule has 4 rings (SSSR count). The van der Waals surface area contributed by atoms with Gasteiger partial charge in [0, 0.05) is 30.8 Å². The number of methoxy groups -OCH3 is 1. The Balaban J connectivity index is 1.56. The Hall–Kier alpha value is -3.88. The molecule has 0 radical (unpaired) electrons. The summed E-state index contributed by atoms with van der Waals surface area (Å²) in [5, 5.41) is 10.4. The summed E-state index contributed by atoms with van der Waals surface area (Å²) in [6.07, 6.45) is -5.95. The Labute approximate surface area is 208 Å². The first-order valence-corrected chi connectivity index (χ1v) is 11.2. The van der Waals surface area contributed by atoms with Crippen LogP contribution in [-0.2, 0) is 35.3 Å². The number of ether oxygens (including phenoxy) is 1. The number of fused-ring (bicyclic) bond motifs is 3. The molecule has 2 N–H and O–H groups in total. The van der Waals surface area contributed by atoms with Crippen LogP contribution in [0.25, 0.3) is 0 Å². The van der Waals surface area contributed by atoms with E-state index in [1.807, 2.05) is 0 Å². The maximum Gasteiger partial charge on any atom is 0.419 e. The number of amides is 4. The van der Waals surface area contributed by atoms with Crippen LogP contribution in [0, 0.1) is 5.82 Å². The number of anilines is 1. The summed E-state index contributed by atoms with van der Waals surface area (Å²) in [5.74, 6) is -1.97. The number of benzene rings is 1. The number of hydroxylamine groups is 2. The second kappa shape index (κ2) is 9.88. The molecule has 4 amide bonds. The van der Waals surface area contributed by atoms with Gasteiger partial charge < -0.3 is 20.3 Å². The molecule has 2 aliphatic rings. The lowest BCUT2D eigenvalue weighted by molar-refractivity contribution is -0.146. The Bertz CT molecular complexity index is 1230. The van der Waals surface area contributed by atoms with Crippen molar-refractivity contribution in [3.8, 4) is 0 Å². The van der Waals surface area contributed by atoms with E-state index in [1.165, 1.54) is 23.7 Å². The largest absolute Gasteiger partial charge is 0.453 e. The maximum atomic E-state index is 13.6. The molecule has 2 aromatic rings. The first-order chi connectivity index (χ1) is 17.4. The zero-order valence-corrected chi connectivity index (χ0v) is 20.1. The number of rotatable bonds is 3. The Morgan fingerprint density at radius 1 is 1.30 bits per heavy atom. The number of nitrogens with one attached hydrogen (secondary N) is 2. The van der Waals surface area contributed by atoms with Gasteiger partial charge >= 0.3 is 18.3 Å². The van der Waals surface area contributed by atoms with Crippen molar-refractivity contribution in [1.29, 1.82) is 0 Å². The third-order valence-corrected chi connectivity index (χ3v) is 6.10. The van der Waals surface area contributed by atoms with E-state index in [0.717, 1.165) is 11.1 Å². The fourth-order valence-corrected chi connectivity index (χ4v) is 4.27. The van der Waals surface area contributed by atoms with E-state index in [4.69, 9.17) is 4.84 Å². The van der Waals surface area contributed by atoms with Gasteiger partial charge in [-0.15, -0.1) is 0 Å². The molecule has 0 saturated heterocycles. The Kier molecular flexibility index (Phi) is 6.99. The van der Waals surface area contributed by atoms with Crippen LogP contribution < -0.4 is 10.6 Å². The summed E-state index contributed by atoms with van der Waals surface area (Å²) in [6, 6.07) is 1.07. The van der Waals surface area contributed by atoms with E-state index in [1.54, 1.807) is 6.92 Å². The van der Waals surface area contributed by atoms with Crippen LogP contribution in [0.3, 0.4) is 0 Å². The van der Waals surface area contributed by atoms with Crippen molar-refractivity contribution in [3.63, 3.8) is 0 Å². The summed E-state index contributed by atoms with van der Waals surface area (Å²) >= 11 is 0. The number of aromatic nitrogens is 2. The number of halogens is 4. The third-order valence-electron chi connectivity index (χ3n) is 6.10. The zero-order valence-electron chi connectivity index (χ0n) is 20.1. The lowest BCUT2D eigenvalue weighted by Gasteiger charge is -2.33. The SMILES string of the molecule is COC(=O)NC[C@H]1Cn2nc3c(c2C(=O)N(C)O1)CN(C(=O)Nc1ccc(F)c(C(F)(F)F)c1)[C@H](C)C3. The molecule has 0 fully saturated rings. The van der Waals surface area contributed by atoms with E-state index in [2.05, 4.69) is 20.5 Å². The smallest absolute Gasteiger partial charge is 0.419 e. The normalized spacial score (nSPS) is 19.6.